The second-order valence-corrected chi connectivity index (χ2v) is 7.47. The maximum Gasteiger partial charge on any atom is 0.0534 e. The van der Waals surface area contributed by atoms with Gasteiger partial charge in [0, 0.05) is 42.5 Å². The first-order valence-electron chi connectivity index (χ1n) is 10.00. The molecule has 28 heavy (non-hydrogen) atoms. The lowest BCUT2D eigenvalue weighted by Crippen LogP contribution is -2.27. The number of rotatable bonds is 4. The summed E-state index contributed by atoms with van der Waals surface area (Å²) in [6.45, 7) is 3.14. The summed E-state index contributed by atoms with van der Waals surface area (Å²) in [6.07, 6.45) is 5.83. The highest BCUT2D eigenvalue weighted by atomic mass is 15.1. The van der Waals surface area contributed by atoms with E-state index in [1.165, 1.54) is 33.3 Å². The van der Waals surface area contributed by atoms with Crippen molar-refractivity contribution in [1.29, 1.82) is 0 Å². The van der Waals surface area contributed by atoms with Crippen molar-refractivity contribution in [3.8, 4) is 5.69 Å². The summed E-state index contributed by atoms with van der Waals surface area (Å²) in [5.74, 6) is 0. The number of benzene rings is 3. The first kappa shape index (κ1) is 17.0. The molecule has 0 amide bonds. The molecule has 0 N–H and O–H groups in total. The Labute approximate surface area is 166 Å². The van der Waals surface area contributed by atoms with Crippen molar-refractivity contribution in [3.05, 3.63) is 108 Å². The number of fused-ring (bicyclic) bond motifs is 1. The van der Waals surface area contributed by atoms with Crippen molar-refractivity contribution in [2.24, 2.45) is 0 Å². The van der Waals surface area contributed by atoms with E-state index in [1.54, 1.807) is 0 Å². The highest BCUT2D eigenvalue weighted by Gasteiger charge is 2.17. The summed E-state index contributed by atoms with van der Waals surface area (Å²) in [7, 11) is 0. The molecule has 1 aliphatic rings. The summed E-state index contributed by atoms with van der Waals surface area (Å²) in [4.78, 5) is 2.52. The number of para-hydroxylation sites is 2. The summed E-state index contributed by atoms with van der Waals surface area (Å²) < 4.78 is 2.32. The first-order valence-corrected chi connectivity index (χ1v) is 10.00. The standard InChI is InChI=1S/C26H24N2/c1-3-9-21(10-4-1)19-27-17-15-22(16-18-27)25-20-28(23-11-5-2-6-12-23)26-14-8-7-13-24(25)26/h1-15,20H,16-19H2. The van der Waals surface area contributed by atoms with Gasteiger partial charge in [-0.25, -0.2) is 0 Å². The van der Waals surface area contributed by atoms with E-state index in [9.17, 15) is 0 Å². The molecule has 5 rings (SSSR count). The molecular weight excluding hydrogens is 340 g/mol. The fourth-order valence-electron chi connectivity index (χ4n) is 4.18. The molecule has 0 saturated carbocycles. The van der Waals surface area contributed by atoms with Crippen LogP contribution in [0, 0.1) is 0 Å². The Morgan fingerprint density at radius 1 is 0.750 bits per heavy atom. The van der Waals surface area contributed by atoms with E-state index in [4.69, 9.17) is 0 Å². The number of aromatic nitrogens is 1. The lowest BCUT2D eigenvalue weighted by molar-refractivity contribution is 0.294. The molecule has 4 aromatic rings. The number of nitrogens with zero attached hydrogens (tertiary/aromatic N) is 2. The lowest BCUT2D eigenvalue weighted by Gasteiger charge is -2.26. The molecule has 0 atom stereocenters. The van der Waals surface area contributed by atoms with Crippen LogP contribution in [0.1, 0.15) is 17.5 Å². The fourth-order valence-corrected chi connectivity index (χ4v) is 4.18. The van der Waals surface area contributed by atoms with Gasteiger partial charge in [0.15, 0.2) is 0 Å². The highest BCUT2D eigenvalue weighted by Crippen LogP contribution is 2.32. The Kier molecular flexibility index (Phi) is 4.56. The smallest absolute Gasteiger partial charge is 0.0534 e. The van der Waals surface area contributed by atoms with E-state index in [2.05, 4.69) is 107 Å². The van der Waals surface area contributed by atoms with Crippen molar-refractivity contribution in [1.82, 2.24) is 9.47 Å². The van der Waals surface area contributed by atoms with E-state index in [0.29, 0.717) is 0 Å². The molecule has 0 spiro atoms. The van der Waals surface area contributed by atoms with Gasteiger partial charge in [-0.2, -0.15) is 0 Å². The van der Waals surface area contributed by atoms with Crippen LogP contribution < -0.4 is 0 Å². The fraction of sp³-hybridized carbons (Fsp3) is 0.154. The van der Waals surface area contributed by atoms with Crippen LogP contribution >= 0.6 is 0 Å². The van der Waals surface area contributed by atoms with E-state index in [1.807, 2.05) is 0 Å². The number of hydrogen-bond acceptors (Lipinski definition) is 1. The molecular formula is C26H24N2. The van der Waals surface area contributed by atoms with Gasteiger partial charge in [0.25, 0.3) is 0 Å². The summed E-state index contributed by atoms with van der Waals surface area (Å²) in [6, 6.07) is 30.1. The molecule has 0 saturated heterocycles. The topological polar surface area (TPSA) is 8.17 Å². The van der Waals surface area contributed by atoms with Crippen LogP contribution in [0.3, 0.4) is 0 Å². The predicted octanol–water partition coefficient (Wildman–Crippen LogP) is 5.92. The lowest BCUT2D eigenvalue weighted by atomic mass is 9.98. The zero-order valence-corrected chi connectivity index (χ0v) is 16.0. The average molecular weight is 364 g/mol. The minimum atomic E-state index is 1.01. The molecule has 2 heterocycles. The molecule has 0 unspecified atom stereocenters. The van der Waals surface area contributed by atoms with Gasteiger partial charge in [0.05, 0.1) is 5.52 Å². The molecule has 2 heteroatoms. The van der Waals surface area contributed by atoms with Crippen LogP contribution in [0.15, 0.2) is 97.2 Å². The first-order chi connectivity index (χ1) is 13.9. The maximum atomic E-state index is 2.52. The molecule has 1 aromatic heterocycles. The molecule has 3 aromatic carbocycles. The van der Waals surface area contributed by atoms with Crippen LogP contribution in [0.5, 0.6) is 0 Å². The van der Waals surface area contributed by atoms with Crippen LogP contribution in [-0.2, 0) is 6.54 Å². The molecule has 0 fully saturated rings. The van der Waals surface area contributed by atoms with Crippen molar-refractivity contribution < 1.29 is 0 Å². The third-order valence-corrected chi connectivity index (χ3v) is 5.63. The molecule has 138 valence electrons. The van der Waals surface area contributed by atoms with Crippen molar-refractivity contribution in [2.45, 2.75) is 13.0 Å². The summed E-state index contributed by atoms with van der Waals surface area (Å²) in [5, 5.41) is 1.34. The van der Waals surface area contributed by atoms with Gasteiger partial charge in [-0.3, -0.25) is 4.90 Å². The summed E-state index contributed by atoms with van der Waals surface area (Å²) >= 11 is 0. The van der Waals surface area contributed by atoms with E-state index < -0.39 is 0 Å². The Bertz CT molecular complexity index is 1110. The van der Waals surface area contributed by atoms with Crippen molar-refractivity contribution in [3.63, 3.8) is 0 Å². The quantitative estimate of drug-likeness (QED) is 0.436. The Balaban J connectivity index is 1.45. The maximum absolute atomic E-state index is 2.52. The van der Waals surface area contributed by atoms with Crippen LogP contribution in [0.4, 0.5) is 0 Å². The van der Waals surface area contributed by atoms with Gasteiger partial charge < -0.3 is 4.57 Å². The molecule has 1 aliphatic heterocycles. The zero-order chi connectivity index (χ0) is 18.8. The van der Waals surface area contributed by atoms with Crippen LogP contribution in [0.25, 0.3) is 22.2 Å². The zero-order valence-electron chi connectivity index (χ0n) is 16.0. The monoisotopic (exact) mass is 364 g/mol. The molecule has 2 nitrogen and oxygen atoms in total. The van der Waals surface area contributed by atoms with Gasteiger partial charge in [-0.05, 0) is 35.8 Å². The Morgan fingerprint density at radius 2 is 1.46 bits per heavy atom. The van der Waals surface area contributed by atoms with Gasteiger partial charge >= 0.3 is 0 Å². The predicted molar refractivity (Wildman–Crippen MR) is 118 cm³/mol. The third kappa shape index (κ3) is 3.28. The SMILES string of the molecule is C1=C(c2cn(-c3ccccc3)c3ccccc23)CCN(Cc2ccccc2)C1. The van der Waals surface area contributed by atoms with Crippen LogP contribution in [-0.4, -0.2) is 22.6 Å². The molecule has 0 radical (unpaired) electrons. The second-order valence-electron chi connectivity index (χ2n) is 7.47. The second kappa shape index (κ2) is 7.49. The Hall–Kier alpha value is -3.10. The van der Waals surface area contributed by atoms with Crippen molar-refractivity contribution >= 4 is 16.5 Å². The van der Waals surface area contributed by atoms with Gasteiger partial charge in [0.1, 0.15) is 0 Å². The molecule has 0 aliphatic carbocycles. The molecule has 0 bridgehead atoms. The van der Waals surface area contributed by atoms with E-state index in [0.717, 1.165) is 26.1 Å². The largest absolute Gasteiger partial charge is 0.316 e. The summed E-state index contributed by atoms with van der Waals surface area (Å²) in [5.41, 5.74) is 6.72. The number of hydrogen-bond donors (Lipinski definition) is 0. The third-order valence-electron chi connectivity index (χ3n) is 5.63. The van der Waals surface area contributed by atoms with E-state index >= 15 is 0 Å². The minimum Gasteiger partial charge on any atom is -0.316 e. The van der Waals surface area contributed by atoms with Gasteiger partial charge in [-0.1, -0.05) is 72.8 Å². The van der Waals surface area contributed by atoms with Gasteiger partial charge in [0.2, 0.25) is 0 Å². The van der Waals surface area contributed by atoms with Gasteiger partial charge in [-0.15, -0.1) is 0 Å². The highest BCUT2D eigenvalue weighted by molar-refractivity contribution is 5.94. The van der Waals surface area contributed by atoms with Crippen molar-refractivity contribution in [2.75, 3.05) is 13.1 Å². The average Bonchev–Trinajstić information content (AvgIpc) is 3.15. The van der Waals surface area contributed by atoms with Crippen LogP contribution in [0.2, 0.25) is 0 Å². The Morgan fingerprint density at radius 3 is 2.21 bits per heavy atom. The normalized spacial score (nSPS) is 14.9. The minimum absolute atomic E-state index is 1.01. The van der Waals surface area contributed by atoms with E-state index in [-0.39, 0.29) is 0 Å².